The molecule has 3 heterocycles. The average Bonchev–Trinajstić information content (AvgIpc) is 3.29. The van der Waals surface area contributed by atoms with Crippen molar-refractivity contribution >= 4 is 17.2 Å². The van der Waals surface area contributed by atoms with Crippen LogP contribution in [-0.4, -0.2) is 63.9 Å². The van der Waals surface area contributed by atoms with Gasteiger partial charge in [0.2, 0.25) is 0 Å². The highest BCUT2D eigenvalue weighted by atomic mass is 32.1. The van der Waals surface area contributed by atoms with Gasteiger partial charge in [-0.05, 0) is 30.7 Å². The summed E-state index contributed by atoms with van der Waals surface area (Å²) in [6, 6.07) is 10.2. The molecule has 1 aliphatic rings. The summed E-state index contributed by atoms with van der Waals surface area (Å²) >= 11 is 1.40. The van der Waals surface area contributed by atoms with Crippen molar-refractivity contribution in [2.75, 3.05) is 33.3 Å². The Balaban J connectivity index is 1.38. The lowest BCUT2D eigenvalue weighted by molar-refractivity contribution is 0.0577. The van der Waals surface area contributed by atoms with Crippen LogP contribution in [0.4, 0.5) is 0 Å². The van der Waals surface area contributed by atoms with E-state index in [1.807, 2.05) is 17.0 Å². The molecule has 0 radical (unpaired) electrons. The summed E-state index contributed by atoms with van der Waals surface area (Å²) in [6.07, 6.45) is 3.35. The number of benzene rings is 1. The van der Waals surface area contributed by atoms with E-state index in [1.165, 1.54) is 16.9 Å². The standard InChI is InChI=1S/C21H23N5O2S/c1-15(16-5-3-6-17(13-16)28-2)25-9-11-26(12-10-25)21(27)18-14-29-20(24-18)19-22-7-4-8-23-19/h3-8,13-15H,9-12H2,1-2H3. The van der Waals surface area contributed by atoms with Crippen LogP contribution in [0.1, 0.15) is 29.0 Å². The van der Waals surface area contributed by atoms with Crippen LogP contribution in [0.3, 0.4) is 0 Å². The van der Waals surface area contributed by atoms with E-state index < -0.39 is 0 Å². The molecule has 1 aromatic carbocycles. The van der Waals surface area contributed by atoms with Gasteiger partial charge in [0, 0.05) is 50.0 Å². The smallest absolute Gasteiger partial charge is 0.273 e. The van der Waals surface area contributed by atoms with Gasteiger partial charge in [0.15, 0.2) is 10.8 Å². The fraction of sp³-hybridized carbons (Fsp3) is 0.333. The number of ether oxygens (including phenoxy) is 1. The van der Waals surface area contributed by atoms with Crippen molar-refractivity contribution in [2.45, 2.75) is 13.0 Å². The molecule has 0 saturated carbocycles. The van der Waals surface area contributed by atoms with Crippen molar-refractivity contribution in [3.63, 3.8) is 0 Å². The Morgan fingerprint density at radius 2 is 1.90 bits per heavy atom. The van der Waals surface area contributed by atoms with Crippen molar-refractivity contribution < 1.29 is 9.53 Å². The van der Waals surface area contributed by atoms with Crippen molar-refractivity contribution in [1.29, 1.82) is 0 Å². The van der Waals surface area contributed by atoms with Gasteiger partial charge in [-0.15, -0.1) is 11.3 Å². The van der Waals surface area contributed by atoms with Crippen LogP contribution in [0.15, 0.2) is 48.1 Å². The lowest BCUT2D eigenvalue weighted by Gasteiger charge is -2.38. The fourth-order valence-corrected chi connectivity index (χ4v) is 4.21. The van der Waals surface area contributed by atoms with Gasteiger partial charge >= 0.3 is 0 Å². The number of amides is 1. The summed E-state index contributed by atoms with van der Waals surface area (Å²) < 4.78 is 5.34. The van der Waals surface area contributed by atoms with Gasteiger partial charge in [-0.2, -0.15) is 0 Å². The number of rotatable bonds is 5. The van der Waals surface area contributed by atoms with Crippen LogP contribution < -0.4 is 4.74 Å². The van der Waals surface area contributed by atoms with Gasteiger partial charge in [0.1, 0.15) is 11.4 Å². The SMILES string of the molecule is COc1cccc(C(C)N2CCN(C(=O)c3csc(-c4ncccn4)n3)CC2)c1. The van der Waals surface area contributed by atoms with Crippen LogP contribution in [0.2, 0.25) is 0 Å². The monoisotopic (exact) mass is 409 g/mol. The van der Waals surface area contributed by atoms with E-state index in [-0.39, 0.29) is 11.9 Å². The van der Waals surface area contributed by atoms with Crippen molar-refractivity contribution in [3.8, 4) is 16.6 Å². The second kappa shape index (κ2) is 8.67. The lowest BCUT2D eigenvalue weighted by Crippen LogP contribution is -2.49. The van der Waals surface area contributed by atoms with Gasteiger partial charge in [-0.3, -0.25) is 9.69 Å². The predicted octanol–water partition coefficient (Wildman–Crippen LogP) is 3.13. The molecule has 3 aromatic rings. The first kappa shape index (κ1) is 19.5. The number of piperazine rings is 1. The van der Waals surface area contributed by atoms with Gasteiger partial charge in [0.25, 0.3) is 5.91 Å². The summed E-state index contributed by atoms with van der Waals surface area (Å²) in [5.41, 5.74) is 1.68. The van der Waals surface area contributed by atoms with Crippen molar-refractivity contribution in [3.05, 3.63) is 59.4 Å². The maximum atomic E-state index is 12.9. The molecule has 1 unspecified atom stereocenters. The molecule has 1 fully saturated rings. The Morgan fingerprint density at radius 1 is 1.14 bits per heavy atom. The molecule has 1 saturated heterocycles. The largest absolute Gasteiger partial charge is 0.497 e. The quantitative estimate of drug-likeness (QED) is 0.645. The summed E-state index contributed by atoms with van der Waals surface area (Å²) in [5.74, 6) is 1.38. The number of carbonyl (C=O) groups is 1. The molecule has 0 aliphatic carbocycles. The van der Waals surface area contributed by atoms with Gasteiger partial charge in [-0.25, -0.2) is 15.0 Å². The zero-order chi connectivity index (χ0) is 20.2. The van der Waals surface area contributed by atoms with Crippen LogP contribution in [0.25, 0.3) is 10.8 Å². The van der Waals surface area contributed by atoms with Crippen LogP contribution in [-0.2, 0) is 0 Å². The summed E-state index contributed by atoms with van der Waals surface area (Å²) in [4.78, 5) is 30.0. The molecule has 0 spiro atoms. The number of methoxy groups -OCH3 is 1. The summed E-state index contributed by atoms with van der Waals surface area (Å²) in [5, 5.41) is 2.46. The second-order valence-electron chi connectivity index (χ2n) is 6.89. The van der Waals surface area contributed by atoms with E-state index in [0.29, 0.717) is 29.6 Å². The average molecular weight is 410 g/mol. The molecule has 1 aliphatic heterocycles. The molecular weight excluding hydrogens is 386 g/mol. The summed E-state index contributed by atoms with van der Waals surface area (Å²) in [6.45, 7) is 5.20. The Bertz CT molecular complexity index is 970. The van der Waals surface area contributed by atoms with Crippen molar-refractivity contribution in [2.24, 2.45) is 0 Å². The minimum Gasteiger partial charge on any atom is -0.497 e. The Labute approximate surface area is 174 Å². The molecule has 1 atom stereocenters. The fourth-order valence-electron chi connectivity index (χ4n) is 3.47. The van der Waals surface area contributed by atoms with Crippen LogP contribution in [0, 0.1) is 0 Å². The molecule has 1 amide bonds. The van der Waals surface area contributed by atoms with E-state index in [4.69, 9.17) is 4.74 Å². The predicted molar refractivity (Wildman–Crippen MR) is 112 cm³/mol. The minimum atomic E-state index is -0.0304. The number of carbonyl (C=O) groups excluding carboxylic acids is 1. The molecule has 7 nitrogen and oxygen atoms in total. The third kappa shape index (κ3) is 4.28. The van der Waals surface area contributed by atoms with Crippen LogP contribution in [0.5, 0.6) is 5.75 Å². The zero-order valence-corrected chi connectivity index (χ0v) is 17.3. The molecule has 29 heavy (non-hydrogen) atoms. The van der Waals surface area contributed by atoms with Gasteiger partial charge in [-0.1, -0.05) is 12.1 Å². The Kier molecular flexibility index (Phi) is 5.82. The molecule has 8 heteroatoms. The van der Waals surface area contributed by atoms with E-state index in [9.17, 15) is 4.79 Å². The maximum Gasteiger partial charge on any atom is 0.273 e. The first-order valence-electron chi connectivity index (χ1n) is 9.56. The minimum absolute atomic E-state index is 0.0304. The number of thiazole rings is 1. The molecule has 0 N–H and O–H groups in total. The normalized spacial score (nSPS) is 15.9. The molecular formula is C21H23N5O2S. The van der Waals surface area contributed by atoms with E-state index >= 15 is 0 Å². The molecule has 150 valence electrons. The zero-order valence-electron chi connectivity index (χ0n) is 16.5. The van der Waals surface area contributed by atoms with Gasteiger partial charge in [0.05, 0.1) is 7.11 Å². The Morgan fingerprint density at radius 3 is 2.62 bits per heavy atom. The molecule has 2 aromatic heterocycles. The number of hydrogen-bond donors (Lipinski definition) is 0. The third-order valence-corrected chi connectivity index (χ3v) is 6.04. The first-order valence-corrected chi connectivity index (χ1v) is 10.4. The maximum absolute atomic E-state index is 12.9. The first-order chi connectivity index (χ1) is 14.2. The highest BCUT2D eigenvalue weighted by molar-refractivity contribution is 7.13. The topological polar surface area (TPSA) is 71.5 Å². The van der Waals surface area contributed by atoms with E-state index in [1.54, 1.807) is 30.9 Å². The number of aromatic nitrogens is 3. The number of hydrogen-bond acceptors (Lipinski definition) is 7. The van der Waals surface area contributed by atoms with Crippen molar-refractivity contribution in [1.82, 2.24) is 24.8 Å². The molecule has 0 bridgehead atoms. The molecule has 4 rings (SSSR count). The lowest BCUT2D eigenvalue weighted by atomic mass is 10.1. The highest BCUT2D eigenvalue weighted by Crippen LogP contribution is 2.26. The van der Waals surface area contributed by atoms with E-state index in [0.717, 1.165) is 18.8 Å². The van der Waals surface area contributed by atoms with Gasteiger partial charge < -0.3 is 9.64 Å². The van der Waals surface area contributed by atoms with E-state index in [2.05, 4.69) is 38.9 Å². The summed E-state index contributed by atoms with van der Waals surface area (Å²) in [7, 11) is 1.68. The van der Waals surface area contributed by atoms with Crippen LogP contribution >= 0.6 is 11.3 Å². The second-order valence-corrected chi connectivity index (χ2v) is 7.75. The number of nitrogens with zero attached hydrogens (tertiary/aromatic N) is 5. The Hall–Kier alpha value is -2.84. The third-order valence-electron chi connectivity index (χ3n) is 5.21. The highest BCUT2D eigenvalue weighted by Gasteiger charge is 2.27.